The summed E-state index contributed by atoms with van der Waals surface area (Å²) >= 11 is 5.49. The highest BCUT2D eigenvalue weighted by Gasteiger charge is 2.51. The van der Waals surface area contributed by atoms with Gasteiger partial charge in [0.2, 0.25) is 0 Å². The lowest BCUT2D eigenvalue weighted by atomic mass is 10.1. The van der Waals surface area contributed by atoms with Crippen molar-refractivity contribution in [3.05, 3.63) is 81.7 Å². The molecule has 4 aromatic rings. The molecule has 2 saturated heterocycles. The Morgan fingerprint density at radius 1 is 0.903 bits per heavy atom. The van der Waals surface area contributed by atoms with E-state index in [1.54, 1.807) is 30.3 Å². The number of aromatic amines is 1. The van der Waals surface area contributed by atoms with E-state index in [2.05, 4.69) is 91.1 Å². The van der Waals surface area contributed by atoms with Gasteiger partial charge in [-0.1, -0.05) is 25.6 Å². The molecule has 0 spiro atoms. The number of carbonyl (C=O) groups is 1. The van der Waals surface area contributed by atoms with E-state index >= 15 is 8.78 Å². The third kappa shape index (κ3) is 14.8. The molecule has 0 radical (unpaired) electrons. The number of aliphatic hydroxyl groups excluding tert-OH is 2. The second-order valence-corrected chi connectivity index (χ2v) is 21.9. The number of halogens is 2. The van der Waals surface area contributed by atoms with Crippen LogP contribution >= 0.6 is 15.2 Å². The van der Waals surface area contributed by atoms with Gasteiger partial charge in [0.05, 0.1) is 57.7 Å². The topological polar surface area (TPSA) is 277 Å². The molecule has 0 saturated carbocycles. The lowest BCUT2D eigenvalue weighted by molar-refractivity contribution is -0.0595. The highest BCUT2D eigenvalue weighted by Crippen LogP contribution is 2.55. The van der Waals surface area contributed by atoms with Crippen LogP contribution in [0.15, 0.2) is 64.8 Å². The van der Waals surface area contributed by atoms with E-state index in [1.807, 2.05) is 11.1 Å². The highest BCUT2D eigenvalue weighted by atomic mass is 32.5. The van der Waals surface area contributed by atoms with Crippen molar-refractivity contribution < 1.29 is 51.4 Å². The van der Waals surface area contributed by atoms with Crippen LogP contribution in [0.5, 0.6) is 0 Å². The first-order chi connectivity index (χ1) is 33.8. The number of benzene rings is 1. The molecule has 0 bridgehead atoms. The summed E-state index contributed by atoms with van der Waals surface area (Å²) in [5.74, 6) is -0.414. The van der Waals surface area contributed by atoms with E-state index in [1.165, 1.54) is 10.9 Å². The van der Waals surface area contributed by atoms with E-state index in [0.29, 0.717) is 42.8 Å². The summed E-state index contributed by atoms with van der Waals surface area (Å²) in [6.45, 7) is 12.2. The second-order valence-electron chi connectivity index (χ2n) is 17.3. The van der Waals surface area contributed by atoms with E-state index in [0.717, 1.165) is 23.2 Å². The summed E-state index contributed by atoms with van der Waals surface area (Å²) in [6, 6.07) is 15.0. The van der Waals surface area contributed by atoms with Crippen LogP contribution in [0.2, 0.25) is 0 Å². The first kappa shape index (κ1) is 60.0. The standard InChI is InChI=1S/C29H29F2N8O10PS.C15H32N3OP.CH4/c30-19-17(48-27(22(19)42)39-14-35-21-24(33-13-34-25(21)39)37-26(43)15-5-2-1-3-6-15)12-46-50(51,45-10-4-8-32)49-23-20(31)16(11-40)47-28(23)38-9-7-18(41)36-29(38)44;1-12(2)17(13(3)4)20(19-11-9-10-16)18(14(5)6)15(7)8;/h1-3,5-7,9,13-14,16-17,19-20,22-23,27-28,40,42H,4,10-12H2,(H,36,41,44)(H,33,34,37,43);12-15H,9,11H2,1-8H3;1H4/t16-,17-,19+,20+,22?,23?,27-,28-,50?;;/m1../s1. The molecule has 0 aliphatic carbocycles. The number of alkyl halides is 2. The Morgan fingerprint density at radius 3 is 2.10 bits per heavy atom. The third-order valence-electron chi connectivity index (χ3n) is 10.8. The average Bonchev–Trinajstić information content (AvgIpc) is 3.98. The normalized spacial score (nSPS) is 22.8. The van der Waals surface area contributed by atoms with E-state index in [9.17, 15) is 24.6 Å². The maximum Gasteiger partial charge on any atom is 0.330 e. The molecule has 3 unspecified atom stereocenters. The van der Waals surface area contributed by atoms with E-state index in [4.69, 9.17) is 49.9 Å². The number of nitriles is 2. The molecule has 3 aromatic heterocycles. The smallest absolute Gasteiger partial charge is 0.330 e. The fraction of sp³-hybridized carbons (Fsp3) is 0.600. The van der Waals surface area contributed by atoms with Gasteiger partial charge in [0.1, 0.15) is 30.7 Å². The fourth-order valence-corrected chi connectivity index (χ4v) is 12.2. The predicted molar refractivity (Wildman–Crippen MR) is 267 cm³/mol. The minimum atomic E-state index is -4.13. The van der Waals surface area contributed by atoms with Crippen LogP contribution in [0.25, 0.3) is 11.2 Å². The number of anilines is 1. The summed E-state index contributed by atoms with van der Waals surface area (Å²) in [7, 11) is -0.841. The molecule has 1 amide bonds. The number of aromatic nitrogens is 6. The number of fused-ring (bicyclic) bond motifs is 1. The van der Waals surface area contributed by atoms with E-state index in [-0.39, 0.29) is 37.4 Å². The van der Waals surface area contributed by atoms with Crippen molar-refractivity contribution in [2.75, 3.05) is 31.7 Å². The molecule has 2 aliphatic rings. The maximum absolute atomic E-state index is 15.6. The van der Waals surface area contributed by atoms with Crippen molar-refractivity contribution >= 4 is 49.9 Å². The number of nitrogens with zero attached hydrogens (tertiary/aromatic N) is 9. The van der Waals surface area contributed by atoms with Crippen LogP contribution in [0.1, 0.15) is 98.5 Å². The molecule has 72 heavy (non-hydrogen) atoms. The SMILES string of the molecule is C.CC(C)N(C(C)C)P(OCCC#N)N(C(C)C)C(C)C.N#CCCOP(=S)(OC[C@H]1O[C@@H](n2cnc3c(NC(=O)c4ccccc4)ncnc32)C(O)[C@H]1F)OC1[C@@H](F)[C@@H](CO)O[C@H]1n1ccc(=O)[nH]c1=O. The summed E-state index contributed by atoms with van der Waals surface area (Å²) in [5, 5.41) is 41.0. The Kier molecular flexibility index (Phi) is 23.0. The summed E-state index contributed by atoms with van der Waals surface area (Å²) in [5.41, 5.74) is -1.14. The second kappa shape index (κ2) is 27.7. The van der Waals surface area contributed by atoms with Crippen LogP contribution < -0.4 is 16.6 Å². The predicted octanol–water partition coefficient (Wildman–Crippen LogP) is 6.03. The number of ether oxygens (including phenoxy) is 2. The van der Waals surface area contributed by atoms with Gasteiger partial charge in [0.15, 0.2) is 50.2 Å². The number of amides is 1. The molecule has 2 fully saturated rings. The Morgan fingerprint density at radius 2 is 1.51 bits per heavy atom. The molecule has 1 aromatic carbocycles. The van der Waals surface area contributed by atoms with Gasteiger partial charge in [-0.25, -0.2) is 37.9 Å². The minimum Gasteiger partial charge on any atom is -0.394 e. The van der Waals surface area contributed by atoms with Crippen LogP contribution in [0.3, 0.4) is 0 Å². The first-order valence-corrected chi connectivity index (χ1v) is 26.5. The quantitative estimate of drug-likeness (QED) is 0.0517. The number of aliphatic hydroxyl groups is 2. The summed E-state index contributed by atoms with van der Waals surface area (Å²) < 4.78 is 72.6. The van der Waals surface area contributed by atoms with Crippen LogP contribution in [-0.4, -0.2) is 142 Å². The molecule has 6 rings (SSSR count). The molecule has 22 nitrogen and oxygen atoms in total. The Bertz CT molecular complexity index is 2580. The van der Waals surface area contributed by atoms with Crippen LogP contribution in [0.4, 0.5) is 14.6 Å². The average molecular weight is 1070 g/mol. The van der Waals surface area contributed by atoms with Gasteiger partial charge in [0.25, 0.3) is 11.5 Å². The van der Waals surface area contributed by atoms with Gasteiger partial charge in [0, 0.05) is 42.0 Å². The zero-order valence-corrected chi connectivity index (χ0v) is 43.1. The highest BCUT2D eigenvalue weighted by molar-refractivity contribution is 8.07. The van der Waals surface area contributed by atoms with Crippen molar-refractivity contribution in [3.63, 3.8) is 0 Å². The van der Waals surface area contributed by atoms with Crippen molar-refractivity contribution in [1.82, 2.24) is 38.4 Å². The number of imidazole rings is 1. The number of carbonyl (C=O) groups excluding carboxylic acids is 1. The van der Waals surface area contributed by atoms with Crippen molar-refractivity contribution in [1.29, 1.82) is 10.5 Å². The molecule has 9 atom stereocenters. The monoisotopic (exact) mass is 1070 g/mol. The van der Waals surface area contributed by atoms with Gasteiger partial charge in [-0.3, -0.25) is 28.2 Å². The zero-order valence-electron chi connectivity index (χ0n) is 40.5. The number of hydrogen-bond donors (Lipinski definition) is 4. The number of rotatable bonds is 22. The van der Waals surface area contributed by atoms with Crippen molar-refractivity contribution in [3.8, 4) is 12.1 Å². The Balaban J connectivity index is 0.000000455. The van der Waals surface area contributed by atoms with Crippen LogP contribution in [-0.2, 0) is 39.4 Å². The molecule has 2 aliphatic heterocycles. The number of hydrogen-bond acceptors (Lipinski definition) is 19. The minimum absolute atomic E-state index is 0. The van der Waals surface area contributed by atoms with Gasteiger partial charge in [-0.2, -0.15) is 10.5 Å². The van der Waals surface area contributed by atoms with Crippen molar-refractivity contribution in [2.24, 2.45) is 0 Å². The fourth-order valence-electron chi connectivity index (χ4n) is 7.80. The molecule has 5 heterocycles. The van der Waals surface area contributed by atoms with Gasteiger partial charge >= 0.3 is 12.4 Å². The third-order valence-corrected chi connectivity index (χ3v) is 16.2. The molecule has 4 N–H and O–H groups in total. The molecule has 27 heteroatoms. The Labute approximate surface area is 423 Å². The summed E-state index contributed by atoms with van der Waals surface area (Å²) in [4.78, 5) is 51.3. The largest absolute Gasteiger partial charge is 0.394 e. The molecular formula is C45H65F2N11O11P2S. The summed E-state index contributed by atoms with van der Waals surface area (Å²) in [6.07, 6.45) is -9.99. The maximum atomic E-state index is 15.6. The van der Waals surface area contributed by atoms with Gasteiger partial charge < -0.3 is 38.6 Å². The Hall–Kier alpha value is -4.56. The zero-order chi connectivity index (χ0) is 52.2. The lowest BCUT2D eigenvalue weighted by Gasteiger charge is -2.45. The van der Waals surface area contributed by atoms with E-state index < -0.39 is 94.8 Å². The van der Waals surface area contributed by atoms with Gasteiger partial charge in [-0.15, -0.1) is 0 Å². The van der Waals surface area contributed by atoms with Gasteiger partial charge in [-0.05, 0) is 79.3 Å². The number of nitrogens with one attached hydrogen (secondary N) is 2. The lowest BCUT2D eigenvalue weighted by Crippen LogP contribution is -2.43. The molecular weight excluding hydrogens is 1000 g/mol. The van der Waals surface area contributed by atoms with Crippen molar-refractivity contribution in [2.45, 2.75) is 149 Å². The van der Waals surface area contributed by atoms with Crippen LogP contribution in [0, 0.1) is 22.7 Å². The number of H-pyrrole nitrogens is 1. The molecule has 396 valence electrons. The first-order valence-electron chi connectivity index (χ1n) is 22.8.